The predicted molar refractivity (Wildman–Crippen MR) is 48.8 cm³/mol. The Kier molecular flexibility index (Phi) is 3.71. The standard InChI is InChI=1S/C9H19NO2/c1-6(2)9(5-10,7(3)4)8(11)12/h6-7H,5,10H2,1-4H3,(H,11,12). The highest BCUT2D eigenvalue weighted by molar-refractivity contribution is 5.75. The molecular weight excluding hydrogens is 154 g/mol. The summed E-state index contributed by atoms with van der Waals surface area (Å²) in [6.45, 7) is 7.82. The molecule has 0 aliphatic carbocycles. The highest BCUT2D eigenvalue weighted by Gasteiger charge is 2.43. The monoisotopic (exact) mass is 173 g/mol. The Morgan fingerprint density at radius 3 is 1.67 bits per heavy atom. The first-order valence-corrected chi connectivity index (χ1v) is 4.33. The van der Waals surface area contributed by atoms with Gasteiger partial charge in [0, 0.05) is 6.54 Å². The Labute approximate surface area is 74.0 Å². The zero-order valence-electron chi connectivity index (χ0n) is 8.29. The molecule has 0 bridgehead atoms. The number of hydrogen-bond acceptors (Lipinski definition) is 2. The zero-order chi connectivity index (χ0) is 9.94. The lowest BCUT2D eigenvalue weighted by Crippen LogP contribution is -2.47. The van der Waals surface area contributed by atoms with E-state index in [-0.39, 0.29) is 18.4 Å². The van der Waals surface area contributed by atoms with Gasteiger partial charge in [0.2, 0.25) is 0 Å². The van der Waals surface area contributed by atoms with Crippen molar-refractivity contribution < 1.29 is 9.90 Å². The fraction of sp³-hybridized carbons (Fsp3) is 0.889. The van der Waals surface area contributed by atoms with Crippen molar-refractivity contribution in [3.8, 4) is 0 Å². The fourth-order valence-corrected chi connectivity index (χ4v) is 1.72. The molecule has 3 N–H and O–H groups in total. The average Bonchev–Trinajstić information content (AvgIpc) is 1.86. The van der Waals surface area contributed by atoms with Crippen LogP contribution < -0.4 is 5.73 Å². The van der Waals surface area contributed by atoms with Crippen LogP contribution in [0, 0.1) is 17.3 Å². The Hall–Kier alpha value is -0.570. The van der Waals surface area contributed by atoms with Crippen LogP contribution in [0.1, 0.15) is 27.7 Å². The van der Waals surface area contributed by atoms with Gasteiger partial charge < -0.3 is 10.8 Å². The highest BCUT2D eigenvalue weighted by atomic mass is 16.4. The second kappa shape index (κ2) is 3.90. The van der Waals surface area contributed by atoms with Crippen LogP contribution in [0.4, 0.5) is 0 Å². The minimum atomic E-state index is -0.782. The van der Waals surface area contributed by atoms with Gasteiger partial charge >= 0.3 is 5.97 Å². The lowest BCUT2D eigenvalue weighted by atomic mass is 9.69. The van der Waals surface area contributed by atoms with Crippen LogP contribution in [0.25, 0.3) is 0 Å². The van der Waals surface area contributed by atoms with Crippen molar-refractivity contribution in [3.05, 3.63) is 0 Å². The zero-order valence-corrected chi connectivity index (χ0v) is 8.29. The molecule has 12 heavy (non-hydrogen) atoms. The van der Waals surface area contributed by atoms with Crippen molar-refractivity contribution in [2.24, 2.45) is 23.0 Å². The minimum Gasteiger partial charge on any atom is -0.481 e. The van der Waals surface area contributed by atoms with Gasteiger partial charge in [-0.05, 0) is 11.8 Å². The summed E-state index contributed by atoms with van der Waals surface area (Å²) in [4.78, 5) is 11.1. The maximum absolute atomic E-state index is 11.1. The van der Waals surface area contributed by atoms with Crippen molar-refractivity contribution in [1.29, 1.82) is 0 Å². The quantitative estimate of drug-likeness (QED) is 0.674. The van der Waals surface area contributed by atoms with E-state index in [0.717, 1.165) is 0 Å². The number of carboxylic acids is 1. The van der Waals surface area contributed by atoms with Crippen LogP contribution in [-0.4, -0.2) is 17.6 Å². The maximum Gasteiger partial charge on any atom is 0.311 e. The van der Waals surface area contributed by atoms with E-state index in [9.17, 15) is 4.79 Å². The molecular formula is C9H19NO2. The molecule has 0 aromatic heterocycles. The smallest absolute Gasteiger partial charge is 0.311 e. The van der Waals surface area contributed by atoms with E-state index >= 15 is 0 Å². The SMILES string of the molecule is CC(C)C(CN)(C(=O)O)C(C)C. The lowest BCUT2D eigenvalue weighted by Gasteiger charge is -2.35. The lowest BCUT2D eigenvalue weighted by molar-refractivity contribution is -0.154. The number of carbonyl (C=O) groups is 1. The van der Waals surface area contributed by atoms with E-state index in [2.05, 4.69) is 0 Å². The first-order chi connectivity index (χ1) is 5.39. The normalized spacial score (nSPS) is 12.6. The van der Waals surface area contributed by atoms with Crippen LogP contribution in [0.15, 0.2) is 0 Å². The van der Waals surface area contributed by atoms with E-state index in [0.29, 0.717) is 0 Å². The summed E-state index contributed by atoms with van der Waals surface area (Å²) in [7, 11) is 0. The molecule has 0 fully saturated rings. The summed E-state index contributed by atoms with van der Waals surface area (Å²) in [5, 5.41) is 9.08. The van der Waals surface area contributed by atoms with Gasteiger partial charge in [0.05, 0.1) is 5.41 Å². The molecule has 0 rings (SSSR count). The number of aliphatic carboxylic acids is 1. The van der Waals surface area contributed by atoms with Crippen molar-refractivity contribution in [1.82, 2.24) is 0 Å². The van der Waals surface area contributed by atoms with Gasteiger partial charge in [-0.25, -0.2) is 0 Å². The molecule has 0 radical (unpaired) electrons. The Morgan fingerprint density at radius 2 is 1.67 bits per heavy atom. The first-order valence-electron chi connectivity index (χ1n) is 4.33. The van der Waals surface area contributed by atoms with Gasteiger partial charge in [0.15, 0.2) is 0 Å². The van der Waals surface area contributed by atoms with Gasteiger partial charge in [-0.3, -0.25) is 4.79 Å². The number of nitrogens with two attached hydrogens (primary N) is 1. The summed E-state index contributed by atoms with van der Waals surface area (Å²) in [6.07, 6.45) is 0. The van der Waals surface area contributed by atoms with Gasteiger partial charge in [-0.15, -0.1) is 0 Å². The third-order valence-electron chi connectivity index (χ3n) is 2.80. The summed E-state index contributed by atoms with van der Waals surface area (Å²) < 4.78 is 0. The molecule has 0 unspecified atom stereocenters. The number of rotatable bonds is 4. The van der Waals surface area contributed by atoms with Gasteiger partial charge in [-0.2, -0.15) is 0 Å². The van der Waals surface area contributed by atoms with Crippen molar-refractivity contribution in [3.63, 3.8) is 0 Å². The highest BCUT2D eigenvalue weighted by Crippen LogP contribution is 2.34. The van der Waals surface area contributed by atoms with E-state index in [1.807, 2.05) is 27.7 Å². The molecule has 0 saturated heterocycles. The topological polar surface area (TPSA) is 63.3 Å². The van der Waals surface area contributed by atoms with Gasteiger partial charge in [-0.1, -0.05) is 27.7 Å². The third-order valence-corrected chi connectivity index (χ3v) is 2.80. The van der Waals surface area contributed by atoms with Crippen LogP contribution in [0.5, 0.6) is 0 Å². The second-order valence-electron chi connectivity index (χ2n) is 3.86. The molecule has 0 heterocycles. The summed E-state index contributed by atoms with van der Waals surface area (Å²) in [5.74, 6) is -0.644. The summed E-state index contributed by atoms with van der Waals surface area (Å²) in [5.41, 5.74) is 4.77. The van der Waals surface area contributed by atoms with Crippen molar-refractivity contribution in [2.75, 3.05) is 6.54 Å². The molecule has 0 aliphatic rings. The molecule has 0 aromatic carbocycles. The first kappa shape index (κ1) is 11.4. The van der Waals surface area contributed by atoms with E-state index in [1.165, 1.54) is 0 Å². The molecule has 0 aliphatic heterocycles. The number of hydrogen-bond donors (Lipinski definition) is 2. The Bertz CT molecular complexity index is 156. The van der Waals surface area contributed by atoms with E-state index in [1.54, 1.807) is 0 Å². The number of carboxylic acid groups (broad SMARTS) is 1. The van der Waals surface area contributed by atoms with Crippen molar-refractivity contribution >= 4 is 5.97 Å². The van der Waals surface area contributed by atoms with Crippen LogP contribution >= 0.6 is 0 Å². The molecule has 0 saturated carbocycles. The minimum absolute atomic E-state index is 0.0694. The van der Waals surface area contributed by atoms with E-state index < -0.39 is 11.4 Å². The molecule has 3 nitrogen and oxygen atoms in total. The average molecular weight is 173 g/mol. The molecule has 3 heteroatoms. The second-order valence-corrected chi connectivity index (χ2v) is 3.86. The Balaban J connectivity index is 4.90. The fourth-order valence-electron chi connectivity index (χ4n) is 1.72. The van der Waals surface area contributed by atoms with Gasteiger partial charge in [0.25, 0.3) is 0 Å². The molecule has 72 valence electrons. The maximum atomic E-state index is 11.1. The molecule has 0 atom stereocenters. The molecule has 0 spiro atoms. The van der Waals surface area contributed by atoms with E-state index in [4.69, 9.17) is 10.8 Å². The van der Waals surface area contributed by atoms with Crippen LogP contribution in [0.3, 0.4) is 0 Å². The molecule has 0 aromatic rings. The third kappa shape index (κ3) is 1.61. The summed E-state index contributed by atoms with van der Waals surface area (Å²) in [6, 6.07) is 0. The van der Waals surface area contributed by atoms with Gasteiger partial charge in [0.1, 0.15) is 0 Å². The van der Waals surface area contributed by atoms with Crippen LogP contribution in [0.2, 0.25) is 0 Å². The predicted octanol–water partition coefficient (Wildman–Crippen LogP) is 1.33. The molecule has 0 amide bonds. The summed E-state index contributed by atoms with van der Waals surface area (Å²) >= 11 is 0. The van der Waals surface area contributed by atoms with Crippen LogP contribution in [-0.2, 0) is 4.79 Å². The van der Waals surface area contributed by atoms with Crippen molar-refractivity contribution in [2.45, 2.75) is 27.7 Å². The Morgan fingerprint density at radius 1 is 1.33 bits per heavy atom. The largest absolute Gasteiger partial charge is 0.481 e.